The van der Waals surface area contributed by atoms with Gasteiger partial charge in [-0.1, -0.05) is 18.2 Å². The van der Waals surface area contributed by atoms with E-state index in [1.54, 1.807) is 12.1 Å². The summed E-state index contributed by atoms with van der Waals surface area (Å²) in [6.45, 7) is 2.95. The van der Waals surface area contributed by atoms with Crippen molar-refractivity contribution in [1.82, 2.24) is 9.78 Å². The van der Waals surface area contributed by atoms with Gasteiger partial charge in [-0.05, 0) is 26.0 Å². The Kier molecular flexibility index (Phi) is 2.47. The van der Waals surface area contributed by atoms with Crippen LogP contribution in [0.25, 0.3) is 5.69 Å². The Labute approximate surface area is 115 Å². The topological polar surface area (TPSA) is 69.0 Å². The molecule has 3 rings (SSSR count). The second-order valence-electron chi connectivity index (χ2n) is 5.27. The van der Waals surface area contributed by atoms with Crippen molar-refractivity contribution in [3.8, 4) is 5.69 Å². The van der Waals surface area contributed by atoms with Crippen LogP contribution in [0.3, 0.4) is 0 Å². The predicted octanol–water partition coefficient (Wildman–Crippen LogP) is 1.85. The first-order valence-corrected chi connectivity index (χ1v) is 6.22. The third kappa shape index (κ3) is 1.49. The lowest BCUT2D eigenvalue weighted by Crippen LogP contribution is -2.44. The van der Waals surface area contributed by atoms with Gasteiger partial charge in [0, 0.05) is 0 Å². The number of fused-ring (bicyclic) bond motifs is 1. The van der Waals surface area contributed by atoms with Crippen LogP contribution in [0.15, 0.2) is 36.5 Å². The quantitative estimate of drug-likeness (QED) is 0.584. The zero-order valence-corrected chi connectivity index (χ0v) is 11.1. The highest BCUT2D eigenvalue weighted by atomic mass is 16.2. The van der Waals surface area contributed by atoms with E-state index in [2.05, 4.69) is 5.10 Å². The Morgan fingerprint density at radius 1 is 1.00 bits per heavy atom. The summed E-state index contributed by atoms with van der Waals surface area (Å²) in [5.41, 5.74) is -0.384. The molecule has 1 aliphatic carbocycles. The van der Waals surface area contributed by atoms with Crippen molar-refractivity contribution in [3.05, 3.63) is 47.8 Å². The number of Topliss-reactive ketones (excluding diaryl/α,β-unsaturated/α-hetero) is 3. The van der Waals surface area contributed by atoms with Crippen molar-refractivity contribution in [2.45, 2.75) is 13.8 Å². The predicted molar refractivity (Wildman–Crippen MR) is 71.0 cm³/mol. The van der Waals surface area contributed by atoms with Crippen LogP contribution < -0.4 is 0 Å². The highest BCUT2D eigenvalue weighted by Crippen LogP contribution is 2.33. The summed E-state index contributed by atoms with van der Waals surface area (Å²) in [4.78, 5) is 36.5. The smallest absolute Gasteiger partial charge is 0.233 e. The standard InChI is InChI=1S/C15H12N2O3/c1-15(2)13(19)11-10(12(18)14(15)20)8-16-17(11)9-6-4-3-5-7-9/h3-8H,1-2H3. The molecule has 0 N–H and O–H groups in total. The number of rotatable bonds is 1. The van der Waals surface area contributed by atoms with Crippen LogP contribution in [0.5, 0.6) is 0 Å². The second-order valence-corrected chi connectivity index (χ2v) is 5.27. The molecule has 0 bridgehead atoms. The number of benzene rings is 1. The van der Waals surface area contributed by atoms with Gasteiger partial charge in [0.05, 0.1) is 22.9 Å². The molecule has 0 fully saturated rings. The van der Waals surface area contributed by atoms with Crippen molar-refractivity contribution in [1.29, 1.82) is 0 Å². The van der Waals surface area contributed by atoms with Crippen molar-refractivity contribution < 1.29 is 14.4 Å². The molecule has 0 spiro atoms. The summed E-state index contributed by atoms with van der Waals surface area (Å²) < 4.78 is 1.42. The molecule has 5 heteroatoms. The Morgan fingerprint density at radius 3 is 2.30 bits per heavy atom. The number of carbonyl (C=O) groups is 3. The highest BCUT2D eigenvalue weighted by molar-refractivity contribution is 6.53. The maximum absolute atomic E-state index is 12.5. The number of hydrogen-bond acceptors (Lipinski definition) is 4. The van der Waals surface area contributed by atoms with E-state index in [1.165, 1.54) is 24.7 Å². The highest BCUT2D eigenvalue weighted by Gasteiger charge is 2.49. The van der Waals surface area contributed by atoms with E-state index in [9.17, 15) is 14.4 Å². The lowest BCUT2D eigenvalue weighted by Gasteiger charge is -2.25. The summed E-state index contributed by atoms with van der Waals surface area (Å²) in [7, 11) is 0. The maximum atomic E-state index is 12.5. The van der Waals surface area contributed by atoms with Gasteiger partial charge >= 0.3 is 0 Å². The van der Waals surface area contributed by atoms with E-state index in [0.717, 1.165) is 0 Å². The second kappa shape index (κ2) is 3.96. The molecule has 1 aromatic heterocycles. The fourth-order valence-electron chi connectivity index (χ4n) is 2.30. The summed E-state index contributed by atoms with van der Waals surface area (Å²) in [6.07, 6.45) is 1.29. The van der Waals surface area contributed by atoms with E-state index in [-0.39, 0.29) is 17.0 Å². The van der Waals surface area contributed by atoms with Gasteiger partial charge in [-0.2, -0.15) is 5.10 Å². The number of aromatic nitrogens is 2. The molecule has 1 heterocycles. The number of hydrogen-bond donors (Lipinski definition) is 0. The fourth-order valence-corrected chi connectivity index (χ4v) is 2.30. The minimum atomic E-state index is -1.34. The van der Waals surface area contributed by atoms with Crippen LogP contribution in [-0.4, -0.2) is 27.1 Å². The van der Waals surface area contributed by atoms with Crippen LogP contribution in [0.1, 0.15) is 34.7 Å². The molecule has 1 aromatic carbocycles. The molecule has 0 saturated carbocycles. The molecular weight excluding hydrogens is 256 g/mol. The molecule has 1 aliphatic rings. The normalized spacial score (nSPS) is 17.2. The first-order valence-electron chi connectivity index (χ1n) is 6.22. The fraction of sp³-hybridized carbons (Fsp3) is 0.200. The van der Waals surface area contributed by atoms with Crippen molar-refractivity contribution in [2.75, 3.05) is 0 Å². The van der Waals surface area contributed by atoms with Gasteiger partial charge in [-0.15, -0.1) is 0 Å². The molecule has 20 heavy (non-hydrogen) atoms. The summed E-state index contributed by atoms with van der Waals surface area (Å²) in [6, 6.07) is 9.05. The number of para-hydroxylation sites is 1. The number of nitrogens with zero attached hydrogens (tertiary/aromatic N) is 2. The largest absolute Gasteiger partial charge is 0.291 e. The maximum Gasteiger partial charge on any atom is 0.233 e. The van der Waals surface area contributed by atoms with Gasteiger partial charge in [0.25, 0.3) is 0 Å². The molecule has 0 amide bonds. The van der Waals surface area contributed by atoms with Crippen molar-refractivity contribution in [3.63, 3.8) is 0 Å². The minimum absolute atomic E-state index is 0.0863. The van der Waals surface area contributed by atoms with Gasteiger partial charge in [0.1, 0.15) is 5.69 Å². The Balaban J connectivity index is 2.27. The number of carbonyl (C=O) groups excluding carboxylic acids is 3. The van der Waals surface area contributed by atoms with E-state index >= 15 is 0 Å². The van der Waals surface area contributed by atoms with Gasteiger partial charge in [0.15, 0.2) is 5.78 Å². The number of ketones is 3. The first-order chi connectivity index (χ1) is 9.44. The molecule has 0 aliphatic heterocycles. The van der Waals surface area contributed by atoms with Crippen molar-refractivity contribution >= 4 is 17.3 Å². The summed E-state index contributed by atoms with van der Waals surface area (Å²) in [5, 5.41) is 4.09. The average Bonchev–Trinajstić information content (AvgIpc) is 2.89. The van der Waals surface area contributed by atoms with E-state index in [4.69, 9.17) is 0 Å². The van der Waals surface area contributed by atoms with Gasteiger partial charge in [0.2, 0.25) is 11.6 Å². The van der Waals surface area contributed by atoms with Gasteiger partial charge in [-0.3, -0.25) is 14.4 Å². The van der Waals surface area contributed by atoms with Gasteiger partial charge in [-0.25, -0.2) is 4.68 Å². The third-order valence-electron chi connectivity index (χ3n) is 3.57. The SMILES string of the molecule is CC1(C)C(=O)C(=O)c2cnn(-c3ccccc3)c2C1=O. The Morgan fingerprint density at radius 2 is 1.65 bits per heavy atom. The molecular formula is C15H12N2O3. The third-order valence-corrected chi connectivity index (χ3v) is 3.57. The molecule has 100 valence electrons. The zero-order valence-electron chi connectivity index (χ0n) is 11.1. The average molecular weight is 268 g/mol. The van der Waals surface area contributed by atoms with Gasteiger partial charge < -0.3 is 0 Å². The van der Waals surface area contributed by atoms with E-state index in [1.807, 2.05) is 18.2 Å². The molecule has 0 saturated heterocycles. The summed E-state index contributed by atoms with van der Waals surface area (Å²) in [5.74, 6) is -1.70. The summed E-state index contributed by atoms with van der Waals surface area (Å²) >= 11 is 0. The van der Waals surface area contributed by atoms with E-state index < -0.39 is 17.0 Å². The Hall–Kier alpha value is -2.56. The monoisotopic (exact) mass is 268 g/mol. The lowest BCUT2D eigenvalue weighted by atomic mass is 9.74. The molecule has 0 atom stereocenters. The van der Waals surface area contributed by atoms with Crippen LogP contribution >= 0.6 is 0 Å². The van der Waals surface area contributed by atoms with Crippen LogP contribution in [0.4, 0.5) is 0 Å². The molecule has 2 aromatic rings. The lowest BCUT2D eigenvalue weighted by molar-refractivity contribution is -0.120. The van der Waals surface area contributed by atoms with Crippen molar-refractivity contribution in [2.24, 2.45) is 5.41 Å². The van der Waals surface area contributed by atoms with Crippen LogP contribution in [0.2, 0.25) is 0 Å². The molecule has 5 nitrogen and oxygen atoms in total. The molecule has 0 radical (unpaired) electrons. The van der Waals surface area contributed by atoms with Crippen LogP contribution in [0, 0.1) is 5.41 Å². The Bertz CT molecular complexity index is 742. The van der Waals surface area contributed by atoms with Crippen LogP contribution in [-0.2, 0) is 4.79 Å². The van der Waals surface area contributed by atoms with E-state index in [0.29, 0.717) is 5.69 Å². The minimum Gasteiger partial charge on any atom is -0.291 e. The zero-order chi connectivity index (χ0) is 14.5. The first kappa shape index (κ1) is 12.5. The molecule has 0 unspecified atom stereocenters.